The van der Waals surface area contributed by atoms with Crippen LogP contribution in [0.1, 0.15) is 87.5 Å². The first-order chi connectivity index (χ1) is 18.7. The van der Waals surface area contributed by atoms with Crippen LogP contribution in [0.25, 0.3) is 0 Å². The van der Waals surface area contributed by atoms with E-state index in [1.165, 1.54) is 30.4 Å². The van der Waals surface area contributed by atoms with E-state index < -0.39 is 6.10 Å². The number of hydrogen-bond acceptors (Lipinski definition) is 5. The van der Waals surface area contributed by atoms with Crippen LogP contribution < -0.4 is 9.47 Å². The number of carbonyl (C=O) groups is 1. The van der Waals surface area contributed by atoms with Gasteiger partial charge in [-0.1, -0.05) is 38.1 Å². The van der Waals surface area contributed by atoms with Crippen LogP contribution in [-0.4, -0.2) is 41.9 Å². The zero-order chi connectivity index (χ0) is 27.8. The van der Waals surface area contributed by atoms with Gasteiger partial charge in [0.25, 0.3) is 0 Å². The van der Waals surface area contributed by atoms with Gasteiger partial charge in [-0.25, -0.2) is 0 Å². The van der Waals surface area contributed by atoms with E-state index in [2.05, 4.69) is 51.1 Å². The molecule has 212 valence electrons. The van der Waals surface area contributed by atoms with Crippen molar-refractivity contribution in [1.82, 2.24) is 0 Å². The number of Topliss-reactive ketones (excluding diaryl/α,β-unsaturated/α-hetero) is 1. The summed E-state index contributed by atoms with van der Waals surface area (Å²) in [5, 5.41) is 18.7. The summed E-state index contributed by atoms with van der Waals surface area (Å²) in [5.41, 5.74) is 4.26. The number of aliphatic hydroxyl groups excluding tert-OH is 2. The lowest BCUT2D eigenvalue weighted by Gasteiger charge is -2.55. The van der Waals surface area contributed by atoms with Gasteiger partial charge in [-0.3, -0.25) is 4.79 Å². The Hall–Kier alpha value is -2.37. The third kappa shape index (κ3) is 5.37. The molecule has 39 heavy (non-hydrogen) atoms. The lowest BCUT2D eigenvalue weighted by Crippen LogP contribution is -2.51. The molecular weight excluding hydrogens is 488 g/mol. The van der Waals surface area contributed by atoms with Gasteiger partial charge in [-0.15, -0.1) is 0 Å². The molecule has 2 aromatic carbocycles. The van der Waals surface area contributed by atoms with Crippen molar-refractivity contribution in [2.24, 2.45) is 23.2 Å². The summed E-state index contributed by atoms with van der Waals surface area (Å²) in [6.07, 6.45) is 8.26. The van der Waals surface area contributed by atoms with Gasteiger partial charge in [-0.05, 0) is 117 Å². The lowest BCUT2D eigenvalue weighted by molar-refractivity contribution is -0.146. The molecule has 0 aliphatic heterocycles. The van der Waals surface area contributed by atoms with Crippen molar-refractivity contribution in [3.8, 4) is 11.5 Å². The van der Waals surface area contributed by atoms with Gasteiger partial charge in [0, 0.05) is 10.8 Å². The van der Waals surface area contributed by atoms with Crippen molar-refractivity contribution >= 4 is 5.78 Å². The molecule has 1 atom stereocenters. The van der Waals surface area contributed by atoms with Crippen LogP contribution in [0.5, 0.6) is 11.5 Å². The Labute approximate surface area is 233 Å². The molecule has 0 saturated heterocycles. The van der Waals surface area contributed by atoms with Crippen molar-refractivity contribution in [2.45, 2.75) is 90.6 Å². The number of carbonyl (C=O) groups excluding carboxylic acids is 1. The van der Waals surface area contributed by atoms with Crippen molar-refractivity contribution in [1.29, 1.82) is 0 Å². The molecule has 0 spiro atoms. The average molecular weight is 535 g/mol. The fourth-order valence-corrected chi connectivity index (χ4v) is 8.44. The molecule has 0 radical (unpaired) electrons. The first kappa shape index (κ1) is 28.2. The summed E-state index contributed by atoms with van der Waals surface area (Å²) in [6.45, 7) is 8.49. The van der Waals surface area contributed by atoms with E-state index in [9.17, 15) is 9.90 Å². The lowest BCUT2D eigenvalue weighted by atomic mass is 9.48. The number of hydrogen-bond donors (Lipinski definition) is 2. The molecule has 4 fully saturated rings. The minimum absolute atomic E-state index is 0.0649. The molecule has 4 aliphatic rings. The van der Waals surface area contributed by atoms with Gasteiger partial charge in [0.05, 0.1) is 6.61 Å². The first-order valence-corrected chi connectivity index (χ1v) is 15.0. The maximum Gasteiger partial charge on any atom is 0.176 e. The first-order valence-electron chi connectivity index (χ1n) is 15.0. The highest BCUT2D eigenvalue weighted by atomic mass is 16.5. The molecule has 0 heterocycles. The second kappa shape index (κ2) is 11.2. The summed E-state index contributed by atoms with van der Waals surface area (Å²) < 4.78 is 11.9. The van der Waals surface area contributed by atoms with E-state index in [4.69, 9.17) is 14.6 Å². The number of aliphatic hydroxyl groups is 2. The molecule has 0 unspecified atom stereocenters. The number of rotatable bonds is 12. The standard InChI is InChI=1S/C34H46O5/c1-5-34(6-2,27-7-9-30(22(3)11-27)38-20-29(36)19-35)28-8-10-31(23(4)12-28)39-21-32(37)33-16-24-13-25(17-33)15-26(14-24)18-33/h7-12,24-26,29,35-36H,5-6,13-21H2,1-4H3/t24?,25?,26?,29-,33?/m0/s1. The smallest absolute Gasteiger partial charge is 0.176 e. The van der Waals surface area contributed by atoms with Gasteiger partial charge >= 0.3 is 0 Å². The van der Waals surface area contributed by atoms with Gasteiger partial charge in [-0.2, -0.15) is 0 Å². The maximum atomic E-state index is 13.5. The van der Waals surface area contributed by atoms with Crippen LogP contribution in [0.15, 0.2) is 36.4 Å². The van der Waals surface area contributed by atoms with Crippen LogP contribution in [0.4, 0.5) is 0 Å². The van der Waals surface area contributed by atoms with E-state index in [-0.39, 0.29) is 30.7 Å². The van der Waals surface area contributed by atoms with Gasteiger partial charge in [0.1, 0.15) is 30.8 Å². The second-order valence-corrected chi connectivity index (χ2v) is 12.8. The topological polar surface area (TPSA) is 76.0 Å². The van der Waals surface area contributed by atoms with Gasteiger partial charge in [0.2, 0.25) is 0 Å². The van der Waals surface area contributed by atoms with Crippen LogP contribution >= 0.6 is 0 Å². The van der Waals surface area contributed by atoms with Gasteiger partial charge in [0.15, 0.2) is 5.78 Å². The van der Waals surface area contributed by atoms with Gasteiger partial charge < -0.3 is 19.7 Å². The fraction of sp³-hybridized carbons (Fsp3) is 0.618. The molecule has 0 aromatic heterocycles. The van der Waals surface area contributed by atoms with E-state index >= 15 is 0 Å². The maximum absolute atomic E-state index is 13.5. The van der Waals surface area contributed by atoms with Crippen LogP contribution in [-0.2, 0) is 10.2 Å². The minimum Gasteiger partial charge on any atom is -0.491 e. The normalized spacial score (nSPS) is 26.5. The zero-order valence-corrected chi connectivity index (χ0v) is 24.2. The third-order valence-corrected chi connectivity index (χ3v) is 10.3. The monoisotopic (exact) mass is 534 g/mol. The van der Waals surface area contributed by atoms with Crippen LogP contribution in [0.2, 0.25) is 0 Å². The molecule has 0 amide bonds. The quantitative estimate of drug-likeness (QED) is 0.334. The Morgan fingerprint density at radius 3 is 1.82 bits per heavy atom. The third-order valence-electron chi connectivity index (χ3n) is 10.3. The number of ketones is 1. The van der Waals surface area contributed by atoms with E-state index in [1.807, 2.05) is 13.0 Å². The highest BCUT2D eigenvalue weighted by Gasteiger charge is 2.54. The molecule has 5 nitrogen and oxygen atoms in total. The van der Waals surface area contributed by atoms with Crippen molar-refractivity contribution in [3.05, 3.63) is 58.7 Å². The van der Waals surface area contributed by atoms with Crippen molar-refractivity contribution in [2.75, 3.05) is 19.8 Å². The summed E-state index contributed by atoms with van der Waals surface area (Å²) >= 11 is 0. The number of aryl methyl sites for hydroxylation is 2. The summed E-state index contributed by atoms with van der Waals surface area (Å²) in [5.74, 6) is 4.12. The molecule has 4 bridgehead atoms. The van der Waals surface area contributed by atoms with Crippen LogP contribution in [0, 0.1) is 37.0 Å². The Kier molecular flexibility index (Phi) is 8.13. The highest BCUT2D eigenvalue weighted by molar-refractivity contribution is 5.86. The predicted molar refractivity (Wildman–Crippen MR) is 153 cm³/mol. The molecule has 4 aliphatic carbocycles. The largest absolute Gasteiger partial charge is 0.491 e. The minimum atomic E-state index is -0.888. The molecule has 6 rings (SSSR count). The number of ether oxygens (including phenoxy) is 2. The summed E-state index contributed by atoms with van der Waals surface area (Å²) in [4.78, 5) is 13.5. The number of benzene rings is 2. The van der Waals surface area contributed by atoms with E-state index in [0.29, 0.717) is 5.78 Å². The van der Waals surface area contributed by atoms with E-state index in [1.54, 1.807) is 0 Å². The zero-order valence-electron chi connectivity index (χ0n) is 24.2. The molecule has 2 aromatic rings. The SMILES string of the molecule is CCC(CC)(c1ccc(OCC(=O)C23CC4CC(CC(C4)C2)C3)c(C)c1)c1ccc(OC[C@@H](O)CO)c(C)c1. The van der Waals surface area contributed by atoms with Crippen molar-refractivity contribution in [3.63, 3.8) is 0 Å². The van der Waals surface area contributed by atoms with Crippen LogP contribution in [0.3, 0.4) is 0 Å². The summed E-state index contributed by atoms with van der Waals surface area (Å²) in [6, 6.07) is 12.7. The average Bonchev–Trinajstić information content (AvgIpc) is 2.92. The molecule has 4 saturated carbocycles. The predicted octanol–water partition coefficient (Wildman–Crippen LogP) is 6.31. The molecular formula is C34H46O5. The second-order valence-electron chi connectivity index (χ2n) is 12.8. The Bertz CT molecular complexity index is 1140. The van der Waals surface area contributed by atoms with E-state index in [0.717, 1.165) is 72.5 Å². The summed E-state index contributed by atoms with van der Waals surface area (Å²) in [7, 11) is 0. The molecule has 5 heteroatoms. The van der Waals surface area contributed by atoms with Crippen molar-refractivity contribution < 1.29 is 24.5 Å². The highest BCUT2D eigenvalue weighted by Crippen LogP contribution is 2.60. The Morgan fingerprint density at radius 1 is 0.897 bits per heavy atom. The Balaban J connectivity index is 1.31. The Morgan fingerprint density at radius 2 is 1.38 bits per heavy atom. The fourth-order valence-electron chi connectivity index (χ4n) is 8.44. The molecule has 2 N–H and O–H groups in total.